The van der Waals surface area contributed by atoms with Gasteiger partial charge in [0.05, 0.1) is 12.6 Å². The number of nitrogens with zero attached hydrogens (tertiary/aromatic N) is 2. The van der Waals surface area contributed by atoms with E-state index < -0.39 is 0 Å². The normalized spacial score (nSPS) is 11.8. The minimum atomic E-state index is -0.240. The second kappa shape index (κ2) is 8.76. The number of furan rings is 1. The van der Waals surface area contributed by atoms with Crippen LogP contribution in [-0.4, -0.2) is 40.6 Å². The minimum absolute atomic E-state index is 0.0131. The summed E-state index contributed by atoms with van der Waals surface area (Å²) in [6.45, 7) is 5.33. The molecule has 0 aliphatic rings. The first-order valence-corrected chi connectivity index (χ1v) is 7.88. The highest BCUT2D eigenvalue weighted by Crippen LogP contribution is 2.07. The summed E-state index contributed by atoms with van der Waals surface area (Å²) in [7, 11) is 0. The second-order valence-electron chi connectivity index (χ2n) is 5.60. The van der Waals surface area contributed by atoms with Gasteiger partial charge in [0.1, 0.15) is 0 Å². The van der Waals surface area contributed by atoms with Gasteiger partial charge in [-0.15, -0.1) is 0 Å². The first-order valence-electron chi connectivity index (χ1n) is 7.88. The largest absolute Gasteiger partial charge is 0.459 e. The van der Waals surface area contributed by atoms with E-state index in [1.165, 1.54) is 6.26 Å². The van der Waals surface area contributed by atoms with E-state index in [4.69, 9.17) is 4.42 Å². The van der Waals surface area contributed by atoms with Crippen LogP contribution in [0, 0.1) is 6.92 Å². The number of aryl methyl sites for hydroxylation is 1. The van der Waals surface area contributed by atoms with E-state index in [-0.39, 0.29) is 18.0 Å². The van der Waals surface area contributed by atoms with Gasteiger partial charge in [-0.25, -0.2) is 9.78 Å². The van der Waals surface area contributed by atoms with Crippen LogP contribution in [0.25, 0.3) is 0 Å². The molecule has 0 aliphatic heterocycles. The molecule has 130 valence electrons. The number of urea groups is 1. The molecule has 0 bridgehead atoms. The summed E-state index contributed by atoms with van der Waals surface area (Å²) in [5.41, 5.74) is 0.803. The number of aromatic nitrogens is 2. The van der Waals surface area contributed by atoms with Crippen molar-refractivity contribution in [2.45, 2.75) is 32.9 Å². The van der Waals surface area contributed by atoms with Gasteiger partial charge in [0.25, 0.3) is 5.91 Å². The summed E-state index contributed by atoms with van der Waals surface area (Å²) in [6.07, 6.45) is 7.38. The van der Waals surface area contributed by atoms with E-state index in [1.807, 2.05) is 24.6 Å². The molecule has 0 radical (unpaired) electrons. The topological polar surface area (TPSA) is 101 Å². The quantitative estimate of drug-likeness (QED) is 0.634. The number of imidazole rings is 1. The van der Waals surface area contributed by atoms with E-state index in [1.54, 1.807) is 18.6 Å². The Morgan fingerprint density at radius 1 is 1.33 bits per heavy atom. The van der Waals surface area contributed by atoms with E-state index in [2.05, 4.69) is 20.9 Å². The highest BCUT2D eigenvalue weighted by molar-refractivity contribution is 5.92. The van der Waals surface area contributed by atoms with Gasteiger partial charge in [-0.05, 0) is 26.3 Å². The Balaban J connectivity index is 1.56. The Kier molecular flexibility index (Phi) is 6.41. The Bertz CT molecular complexity index is 650. The van der Waals surface area contributed by atoms with Gasteiger partial charge in [0.2, 0.25) is 0 Å². The molecule has 8 heteroatoms. The predicted octanol–water partition coefficient (Wildman–Crippen LogP) is 1.29. The molecule has 0 aliphatic carbocycles. The lowest BCUT2D eigenvalue weighted by Gasteiger charge is -2.15. The maximum Gasteiger partial charge on any atom is 0.315 e. The zero-order valence-corrected chi connectivity index (χ0v) is 13.9. The van der Waals surface area contributed by atoms with E-state index in [0.717, 1.165) is 5.56 Å². The maximum absolute atomic E-state index is 11.8. The van der Waals surface area contributed by atoms with E-state index >= 15 is 0 Å². The first kappa shape index (κ1) is 17.6. The third-order valence-corrected chi connectivity index (χ3v) is 3.41. The zero-order valence-electron chi connectivity index (χ0n) is 13.9. The van der Waals surface area contributed by atoms with Crippen LogP contribution >= 0.6 is 0 Å². The van der Waals surface area contributed by atoms with Crippen LogP contribution in [0.1, 0.15) is 29.5 Å². The lowest BCUT2D eigenvalue weighted by Crippen LogP contribution is -2.43. The molecule has 0 aromatic carbocycles. The molecule has 8 nitrogen and oxygen atoms in total. The number of hydrogen-bond acceptors (Lipinski definition) is 4. The van der Waals surface area contributed by atoms with Crippen LogP contribution < -0.4 is 16.0 Å². The fourth-order valence-electron chi connectivity index (χ4n) is 2.21. The Morgan fingerprint density at radius 3 is 2.79 bits per heavy atom. The number of amides is 3. The average Bonchev–Trinajstić information content (AvgIpc) is 3.18. The Labute approximate surface area is 140 Å². The highest BCUT2D eigenvalue weighted by Gasteiger charge is 2.11. The van der Waals surface area contributed by atoms with Crippen LogP contribution in [0.15, 0.2) is 35.5 Å². The summed E-state index contributed by atoms with van der Waals surface area (Å²) in [6, 6.07) is 1.50. The van der Waals surface area contributed by atoms with Crippen molar-refractivity contribution < 1.29 is 14.0 Å². The number of nitrogens with one attached hydrogen (secondary N) is 3. The van der Waals surface area contributed by atoms with Gasteiger partial charge in [0, 0.05) is 43.6 Å². The zero-order chi connectivity index (χ0) is 17.4. The lowest BCUT2D eigenvalue weighted by atomic mass is 10.2. The van der Waals surface area contributed by atoms with Crippen LogP contribution in [-0.2, 0) is 6.54 Å². The number of carbonyl (C=O) groups is 2. The summed E-state index contributed by atoms with van der Waals surface area (Å²) in [5.74, 6) is 0.0879. The molecule has 3 amide bonds. The van der Waals surface area contributed by atoms with Crippen LogP contribution in [0.3, 0.4) is 0 Å². The maximum atomic E-state index is 11.8. The molecule has 2 aromatic rings. The molecular formula is C16H23N5O3. The molecule has 2 aromatic heterocycles. The summed E-state index contributed by atoms with van der Waals surface area (Å²) < 4.78 is 7.01. The minimum Gasteiger partial charge on any atom is -0.459 e. The molecule has 2 heterocycles. The SMILES string of the molecule is Cc1ccoc1C(=O)NCCCNC(=O)NC(C)Cn1ccnc1. The molecule has 1 atom stereocenters. The molecule has 1 unspecified atom stereocenters. The molecule has 24 heavy (non-hydrogen) atoms. The van der Waals surface area contributed by atoms with Crippen LogP contribution in [0.2, 0.25) is 0 Å². The second-order valence-corrected chi connectivity index (χ2v) is 5.60. The predicted molar refractivity (Wildman–Crippen MR) is 88.6 cm³/mol. The average molecular weight is 333 g/mol. The first-order chi connectivity index (χ1) is 11.6. The number of hydrogen-bond donors (Lipinski definition) is 3. The van der Waals surface area contributed by atoms with Gasteiger partial charge in [0.15, 0.2) is 5.76 Å². The van der Waals surface area contributed by atoms with Crippen molar-refractivity contribution >= 4 is 11.9 Å². The molecule has 0 fully saturated rings. The molecule has 0 saturated heterocycles. The van der Waals surface area contributed by atoms with Gasteiger partial charge in [-0.1, -0.05) is 0 Å². The summed E-state index contributed by atoms with van der Waals surface area (Å²) >= 11 is 0. The van der Waals surface area contributed by atoms with Crippen LogP contribution in [0.5, 0.6) is 0 Å². The molecule has 2 rings (SSSR count). The van der Waals surface area contributed by atoms with Gasteiger partial charge >= 0.3 is 6.03 Å². The van der Waals surface area contributed by atoms with E-state index in [0.29, 0.717) is 31.8 Å². The van der Waals surface area contributed by atoms with Crippen molar-refractivity contribution in [3.63, 3.8) is 0 Å². The van der Waals surface area contributed by atoms with Gasteiger partial charge in [-0.3, -0.25) is 4.79 Å². The van der Waals surface area contributed by atoms with Crippen molar-refractivity contribution in [3.05, 3.63) is 42.4 Å². The number of rotatable bonds is 8. The lowest BCUT2D eigenvalue weighted by molar-refractivity contribution is 0.0925. The third kappa shape index (κ3) is 5.45. The van der Waals surface area contributed by atoms with Crippen molar-refractivity contribution in [1.82, 2.24) is 25.5 Å². The monoisotopic (exact) mass is 333 g/mol. The molecule has 3 N–H and O–H groups in total. The Hall–Kier alpha value is -2.77. The van der Waals surface area contributed by atoms with Crippen molar-refractivity contribution in [1.29, 1.82) is 0 Å². The fraction of sp³-hybridized carbons (Fsp3) is 0.438. The smallest absolute Gasteiger partial charge is 0.315 e. The third-order valence-electron chi connectivity index (χ3n) is 3.41. The van der Waals surface area contributed by atoms with Gasteiger partial charge in [-0.2, -0.15) is 0 Å². The molecular weight excluding hydrogens is 310 g/mol. The van der Waals surface area contributed by atoms with Crippen molar-refractivity contribution in [2.75, 3.05) is 13.1 Å². The van der Waals surface area contributed by atoms with Crippen molar-refractivity contribution in [3.8, 4) is 0 Å². The summed E-state index contributed by atoms with van der Waals surface area (Å²) in [4.78, 5) is 27.5. The van der Waals surface area contributed by atoms with E-state index in [9.17, 15) is 9.59 Å². The molecule has 0 saturated carbocycles. The molecule has 0 spiro atoms. The van der Waals surface area contributed by atoms with Crippen LogP contribution in [0.4, 0.5) is 4.79 Å². The number of carbonyl (C=O) groups excluding carboxylic acids is 2. The highest BCUT2D eigenvalue weighted by atomic mass is 16.3. The van der Waals surface area contributed by atoms with Crippen molar-refractivity contribution in [2.24, 2.45) is 0 Å². The summed E-state index contributed by atoms with van der Waals surface area (Å²) in [5, 5.41) is 8.37. The Morgan fingerprint density at radius 2 is 2.12 bits per heavy atom. The fourth-order valence-corrected chi connectivity index (χ4v) is 2.21. The standard InChI is InChI=1S/C16H23N5O3/c1-12-4-9-24-14(12)15(22)18-5-3-6-19-16(23)20-13(2)10-21-8-7-17-11-21/h4,7-9,11,13H,3,5-6,10H2,1-2H3,(H,18,22)(H2,19,20,23). The van der Waals surface area contributed by atoms with Gasteiger partial charge < -0.3 is 24.9 Å².